The van der Waals surface area contributed by atoms with Crippen LogP contribution in [0.1, 0.15) is 20.7 Å². The zero-order valence-corrected chi connectivity index (χ0v) is 14.4. The van der Waals surface area contributed by atoms with E-state index in [9.17, 15) is 14.0 Å². The van der Waals surface area contributed by atoms with E-state index < -0.39 is 17.7 Å². The van der Waals surface area contributed by atoms with E-state index in [4.69, 9.17) is 0 Å². The number of methoxy groups -OCH3 is 1. The number of amides is 1. The van der Waals surface area contributed by atoms with E-state index in [-0.39, 0.29) is 5.56 Å². The third-order valence-corrected chi connectivity index (χ3v) is 3.72. The lowest BCUT2D eigenvalue weighted by Gasteiger charge is -2.09. The largest absolute Gasteiger partial charge is 0.465 e. The predicted octanol–water partition coefficient (Wildman–Crippen LogP) is 4.00. The highest BCUT2D eigenvalue weighted by atomic mass is 19.1. The van der Waals surface area contributed by atoms with Crippen molar-refractivity contribution in [3.05, 3.63) is 83.8 Å². The van der Waals surface area contributed by atoms with Crippen molar-refractivity contribution < 1.29 is 18.7 Å². The summed E-state index contributed by atoms with van der Waals surface area (Å²) in [6.45, 7) is 0. The van der Waals surface area contributed by atoms with Gasteiger partial charge in [-0.25, -0.2) is 14.2 Å². The molecule has 27 heavy (non-hydrogen) atoms. The van der Waals surface area contributed by atoms with Crippen molar-refractivity contribution in [2.24, 2.45) is 0 Å². The van der Waals surface area contributed by atoms with E-state index in [0.717, 1.165) is 5.69 Å². The Morgan fingerprint density at radius 1 is 0.963 bits per heavy atom. The van der Waals surface area contributed by atoms with Gasteiger partial charge in [-0.1, -0.05) is 12.1 Å². The number of rotatable bonds is 5. The number of anilines is 3. The van der Waals surface area contributed by atoms with Crippen LogP contribution >= 0.6 is 0 Å². The van der Waals surface area contributed by atoms with Crippen LogP contribution in [-0.2, 0) is 4.74 Å². The molecule has 0 aliphatic carbocycles. The Bertz CT molecular complexity index is 957. The fraction of sp³-hybridized carbons (Fsp3) is 0.0500. The second-order valence-electron chi connectivity index (χ2n) is 5.56. The van der Waals surface area contributed by atoms with Gasteiger partial charge >= 0.3 is 5.97 Å². The number of hydrogen-bond acceptors (Lipinski definition) is 5. The summed E-state index contributed by atoms with van der Waals surface area (Å²) in [5, 5.41) is 5.67. The van der Waals surface area contributed by atoms with Crippen LogP contribution in [0, 0.1) is 5.82 Å². The number of ether oxygens (including phenoxy) is 1. The Balaban J connectivity index is 1.64. The van der Waals surface area contributed by atoms with Crippen molar-refractivity contribution in [2.45, 2.75) is 0 Å². The maximum absolute atomic E-state index is 13.6. The van der Waals surface area contributed by atoms with Crippen LogP contribution in [0.25, 0.3) is 0 Å². The summed E-state index contributed by atoms with van der Waals surface area (Å²) >= 11 is 0. The third-order valence-electron chi connectivity index (χ3n) is 3.72. The second-order valence-corrected chi connectivity index (χ2v) is 5.56. The third kappa shape index (κ3) is 4.46. The molecule has 2 N–H and O–H groups in total. The fourth-order valence-corrected chi connectivity index (χ4v) is 2.34. The summed E-state index contributed by atoms with van der Waals surface area (Å²) in [4.78, 5) is 27.6. The minimum Gasteiger partial charge on any atom is -0.465 e. The predicted molar refractivity (Wildman–Crippen MR) is 99.7 cm³/mol. The molecule has 0 bridgehead atoms. The molecule has 1 aromatic heterocycles. The number of nitrogens with zero attached hydrogens (tertiary/aromatic N) is 1. The van der Waals surface area contributed by atoms with Crippen LogP contribution in [0.15, 0.2) is 66.9 Å². The average Bonchev–Trinajstić information content (AvgIpc) is 2.69. The zero-order valence-electron chi connectivity index (χ0n) is 14.4. The van der Waals surface area contributed by atoms with Gasteiger partial charge in [0.15, 0.2) is 0 Å². The van der Waals surface area contributed by atoms with Crippen LogP contribution in [0.4, 0.5) is 21.6 Å². The Morgan fingerprint density at radius 2 is 1.67 bits per heavy atom. The first kappa shape index (κ1) is 18.1. The topological polar surface area (TPSA) is 80.3 Å². The molecule has 0 atom stereocenters. The lowest BCUT2D eigenvalue weighted by molar-refractivity contribution is 0.0600. The maximum Gasteiger partial charge on any atom is 0.337 e. The number of halogens is 1. The molecule has 0 aliphatic heterocycles. The zero-order chi connectivity index (χ0) is 19.2. The van der Waals surface area contributed by atoms with Gasteiger partial charge in [-0.3, -0.25) is 4.79 Å². The van der Waals surface area contributed by atoms with Gasteiger partial charge in [0.1, 0.15) is 11.6 Å². The van der Waals surface area contributed by atoms with Gasteiger partial charge in [0.05, 0.1) is 30.1 Å². The molecular formula is C20H16FN3O3. The van der Waals surface area contributed by atoms with Gasteiger partial charge in [0.25, 0.3) is 5.91 Å². The summed E-state index contributed by atoms with van der Waals surface area (Å²) in [5.74, 6) is -1.27. The molecular weight excluding hydrogens is 349 g/mol. The number of carbonyl (C=O) groups excluding carboxylic acids is 2. The number of carbonyl (C=O) groups is 2. The van der Waals surface area contributed by atoms with Gasteiger partial charge in [-0.05, 0) is 48.5 Å². The van der Waals surface area contributed by atoms with E-state index in [1.807, 2.05) is 0 Å². The lowest BCUT2D eigenvalue weighted by Crippen LogP contribution is -2.14. The molecule has 0 radical (unpaired) electrons. The van der Waals surface area contributed by atoms with Gasteiger partial charge in [0, 0.05) is 5.69 Å². The Kier molecular flexibility index (Phi) is 5.41. The molecule has 0 unspecified atom stereocenters. The summed E-state index contributed by atoms with van der Waals surface area (Å²) in [7, 11) is 1.33. The van der Waals surface area contributed by atoms with Gasteiger partial charge < -0.3 is 15.4 Å². The number of pyridine rings is 1. The van der Waals surface area contributed by atoms with E-state index in [2.05, 4.69) is 20.4 Å². The molecule has 2 aromatic carbocycles. The van der Waals surface area contributed by atoms with Crippen LogP contribution in [0.5, 0.6) is 0 Å². The molecule has 6 nitrogen and oxygen atoms in total. The highest BCUT2D eigenvalue weighted by Gasteiger charge is 2.11. The monoisotopic (exact) mass is 365 g/mol. The lowest BCUT2D eigenvalue weighted by atomic mass is 10.2. The minimum absolute atomic E-state index is 0.0489. The molecule has 0 spiro atoms. The van der Waals surface area contributed by atoms with Gasteiger partial charge in [0.2, 0.25) is 0 Å². The number of hydrogen-bond donors (Lipinski definition) is 2. The molecule has 3 rings (SSSR count). The Morgan fingerprint density at radius 3 is 2.30 bits per heavy atom. The normalized spacial score (nSPS) is 10.1. The summed E-state index contributed by atoms with van der Waals surface area (Å²) in [6.07, 6.45) is 1.53. The van der Waals surface area contributed by atoms with Gasteiger partial charge in [-0.2, -0.15) is 0 Å². The minimum atomic E-state index is -0.594. The number of esters is 1. The van der Waals surface area contributed by atoms with Crippen molar-refractivity contribution in [3.8, 4) is 0 Å². The quantitative estimate of drug-likeness (QED) is 0.668. The SMILES string of the molecule is COC(=O)c1ccc(Nc2ccc(NC(=O)c3ccccc3F)nc2)cc1. The van der Waals surface area contributed by atoms with Crippen LogP contribution in [-0.4, -0.2) is 24.0 Å². The Labute approximate surface area is 155 Å². The summed E-state index contributed by atoms with van der Waals surface area (Å²) in [6, 6.07) is 15.8. The molecule has 1 amide bonds. The molecule has 3 aromatic rings. The molecule has 0 fully saturated rings. The van der Waals surface area contributed by atoms with E-state index in [0.29, 0.717) is 17.1 Å². The number of benzene rings is 2. The van der Waals surface area contributed by atoms with Crippen molar-refractivity contribution >= 4 is 29.1 Å². The van der Waals surface area contributed by atoms with Crippen molar-refractivity contribution in [3.63, 3.8) is 0 Å². The Hall–Kier alpha value is -3.74. The molecule has 0 saturated carbocycles. The van der Waals surface area contributed by atoms with Crippen molar-refractivity contribution in [1.29, 1.82) is 0 Å². The van der Waals surface area contributed by atoms with E-state index in [1.165, 1.54) is 31.5 Å². The molecule has 136 valence electrons. The van der Waals surface area contributed by atoms with Crippen molar-refractivity contribution in [2.75, 3.05) is 17.7 Å². The fourth-order valence-electron chi connectivity index (χ4n) is 2.34. The highest BCUT2D eigenvalue weighted by molar-refractivity contribution is 6.04. The highest BCUT2D eigenvalue weighted by Crippen LogP contribution is 2.18. The van der Waals surface area contributed by atoms with Crippen LogP contribution < -0.4 is 10.6 Å². The van der Waals surface area contributed by atoms with E-state index in [1.54, 1.807) is 42.5 Å². The second kappa shape index (κ2) is 8.09. The summed E-state index contributed by atoms with van der Waals surface area (Å²) in [5.41, 5.74) is 1.84. The molecule has 7 heteroatoms. The molecule has 1 heterocycles. The molecule has 0 saturated heterocycles. The maximum atomic E-state index is 13.6. The van der Waals surface area contributed by atoms with Gasteiger partial charge in [-0.15, -0.1) is 0 Å². The standard InChI is InChI=1S/C20H16FN3O3/c1-27-20(26)13-6-8-14(9-7-13)23-15-10-11-18(22-12-15)24-19(25)16-4-2-3-5-17(16)21/h2-12,23H,1H3,(H,22,24,25). The summed E-state index contributed by atoms with van der Waals surface area (Å²) < 4.78 is 18.3. The first-order chi connectivity index (χ1) is 13.1. The average molecular weight is 365 g/mol. The number of aromatic nitrogens is 1. The number of nitrogens with one attached hydrogen (secondary N) is 2. The first-order valence-electron chi connectivity index (χ1n) is 8.04. The van der Waals surface area contributed by atoms with E-state index >= 15 is 0 Å². The van der Waals surface area contributed by atoms with Crippen LogP contribution in [0.3, 0.4) is 0 Å². The smallest absolute Gasteiger partial charge is 0.337 e. The van der Waals surface area contributed by atoms with Crippen LogP contribution in [0.2, 0.25) is 0 Å². The molecule has 0 aliphatic rings. The van der Waals surface area contributed by atoms with Crippen molar-refractivity contribution in [1.82, 2.24) is 4.98 Å². The first-order valence-corrected chi connectivity index (χ1v) is 8.04.